The van der Waals surface area contributed by atoms with Crippen molar-refractivity contribution in [1.29, 1.82) is 0 Å². The molecule has 0 unspecified atom stereocenters. The van der Waals surface area contributed by atoms with Crippen molar-refractivity contribution in [2.24, 2.45) is 0 Å². The molecule has 0 radical (unpaired) electrons. The van der Waals surface area contributed by atoms with Crippen LogP contribution in [0.25, 0.3) is 11.0 Å². The van der Waals surface area contributed by atoms with Gasteiger partial charge in [0.15, 0.2) is 4.77 Å². The van der Waals surface area contributed by atoms with Crippen molar-refractivity contribution in [1.82, 2.24) is 9.55 Å². The number of nitrogens with zero attached hydrogens (tertiary/aromatic N) is 1. The number of hydrogen-bond acceptors (Lipinski definition) is 1. The molecular formula is C17H16N2S. The standard InChI is InChI=1S/C17H16N2S/c1-11-5-4-8-15-16(11)18-17(20)19(15)14-9-12-6-2-3-7-13(12)10-14/h2-8,14H,9-10H2,1H3,(H,18,20). The summed E-state index contributed by atoms with van der Waals surface area (Å²) < 4.78 is 3.14. The van der Waals surface area contributed by atoms with E-state index in [2.05, 4.69) is 58.9 Å². The number of imidazole rings is 1. The summed E-state index contributed by atoms with van der Waals surface area (Å²) in [5.74, 6) is 0. The number of aromatic amines is 1. The minimum Gasteiger partial charge on any atom is -0.330 e. The Hall–Kier alpha value is -1.87. The first kappa shape index (κ1) is 11.9. The van der Waals surface area contributed by atoms with Crippen LogP contribution in [0.15, 0.2) is 42.5 Å². The number of rotatable bonds is 1. The number of hydrogen-bond donors (Lipinski definition) is 1. The van der Waals surface area contributed by atoms with Crippen LogP contribution in [-0.4, -0.2) is 9.55 Å². The maximum atomic E-state index is 5.57. The zero-order chi connectivity index (χ0) is 13.7. The van der Waals surface area contributed by atoms with Crippen molar-refractivity contribution in [3.63, 3.8) is 0 Å². The SMILES string of the molecule is Cc1cccc2c1[nH]c(=S)n2C1Cc2ccccc2C1. The highest BCUT2D eigenvalue weighted by Gasteiger charge is 2.24. The number of nitrogens with one attached hydrogen (secondary N) is 1. The molecule has 1 aromatic heterocycles. The number of aryl methyl sites for hydroxylation is 1. The third kappa shape index (κ3) is 1.66. The number of para-hydroxylation sites is 1. The molecule has 0 aliphatic heterocycles. The summed E-state index contributed by atoms with van der Waals surface area (Å²) in [4.78, 5) is 3.38. The van der Waals surface area contributed by atoms with Gasteiger partial charge < -0.3 is 9.55 Å². The molecule has 0 atom stereocenters. The lowest BCUT2D eigenvalue weighted by atomic mass is 10.1. The van der Waals surface area contributed by atoms with E-state index in [-0.39, 0.29) is 0 Å². The molecule has 4 rings (SSSR count). The van der Waals surface area contributed by atoms with E-state index >= 15 is 0 Å². The van der Waals surface area contributed by atoms with Crippen molar-refractivity contribution in [3.8, 4) is 0 Å². The first-order valence-corrected chi connectivity index (χ1v) is 7.41. The Bertz CT molecular complexity index is 832. The third-order valence-electron chi connectivity index (χ3n) is 4.36. The molecule has 0 spiro atoms. The fourth-order valence-corrected chi connectivity index (χ4v) is 3.72. The van der Waals surface area contributed by atoms with E-state index < -0.39 is 0 Å². The van der Waals surface area contributed by atoms with Gasteiger partial charge in [-0.2, -0.15) is 0 Å². The predicted molar refractivity (Wildman–Crippen MR) is 84.7 cm³/mol. The summed E-state index contributed by atoms with van der Waals surface area (Å²) in [6, 6.07) is 15.6. The van der Waals surface area contributed by atoms with E-state index in [1.54, 1.807) is 0 Å². The molecule has 1 heterocycles. The predicted octanol–water partition coefficient (Wildman–Crippen LogP) is 4.35. The minimum absolute atomic E-state index is 0.440. The second-order valence-electron chi connectivity index (χ2n) is 5.60. The molecule has 1 aliphatic carbocycles. The van der Waals surface area contributed by atoms with Gasteiger partial charge in [0.1, 0.15) is 0 Å². The van der Waals surface area contributed by atoms with Crippen LogP contribution in [0.3, 0.4) is 0 Å². The Morgan fingerprint density at radius 3 is 2.45 bits per heavy atom. The van der Waals surface area contributed by atoms with Crippen molar-refractivity contribution >= 4 is 23.3 Å². The van der Waals surface area contributed by atoms with Crippen LogP contribution < -0.4 is 0 Å². The van der Waals surface area contributed by atoms with Gasteiger partial charge >= 0.3 is 0 Å². The second-order valence-corrected chi connectivity index (χ2v) is 5.99. The molecule has 0 amide bonds. The van der Waals surface area contributed by atoms with Gasteiger partial charge in [0, 0.05) is 6.04 Å². The maximum Gasteiger partial charge on any atom is 0.178 e. The zero-order valence-electron chi connectivity index (χ0n) is 11.4. The van der Waals surface area contributed by atoms with Gasteiger partial charge in [-0.05, 0) is 54.7 Å². The molecule has 0 fully saturated rings. The summed E-state index contributed by atoms with van der Waals surface area (Å²) in [5, 5.41) is 0. The Labute approximate surface area is 123 Å². The maximum absolute atomic E-state index is 5.57. The van der Waals surface area contributed by atoms with Gasteiger partial charge in [-0.1, -0.05) is 36.4 Å². The molecule has 3 aromatic rings. The van der Waals surface area contributed by atoms with E-state index in [1.807, 2.05) is 0 Å². The number of benzene rings is 2. The fourth-order valence-electron chi connectivity index (χ4n) is 3.37. The Morgan fingerprint density at radius 2 is 1.75 bits per heavy atom. The van der Waals surface area contributed by atoms with Crippen LogP contribution in [0, 0.1) is 11.7 Å². The van der Waals surface area contributed by atoms with E-state index in [9.17, 15) is 0 Å². The van der Waals surface area contributed by atoms with Crippen molar-refractivity contribution in [3.05, 3.63) is 63.9 Å². The van der Waals surface area contributed by atoms with E-state index in [0.717, 1.165) is 17.6 Å². The lowest BCUT2D eigenvalue weighted by molar-refractivity contribution is 0.537. The lowest BCUT2D eigenvalue weighted by Gasteiger charge is -2.12. The van der Waals surface area contributed by atoms with Gasteiger partial charge in [-0.15, -0.1) is 0 Å². The first-order chi connectivity index (χ1) is 9.74. The summed E-state index contributed by atoms with van der Waals surface area (Å²) >= 11 is 5.57. The van der Waals surface area contributed by atoms with Crippen molar-refractivity contribution < 1.29 is 0 Å². The Balaban J connectivity index is 1.87. The van der Waals surface area contributed by atoms with E-state index in [4.69, 9.17) is 12.2 Å². The van der Waals surface area contributed by atoms with Crippen molar-refractivity contribution in [2.45, 2.75) is 25.8 Å². The molecule has 2 nitrogen and oxygen atoms in total. The average Bonchev–Trinajstić information content (AvgIpc) is 2.99. The molecule has 2 aromatic carbocycles. The van der Waals surface area contributed by atoms with Gasteiger partial charge in [-0.25, -0.2) is 0 Å². The quantitative estimate of drug-likeness (QED) is 0.657. The van der Waals surface area contributed by atoms with Gasteiger partial charge in [0.05, 0.1) is 11.0 Å². The fraction of sp³-hybridized carbons (Fsp3) is 0.235. The zero-order valence-corrected chi connectivity index (χ0v) is 12.2. The van der Waals surface area contributed by atoms with E-state index in [0.29, 0.717) is 6.04 Å². The van der Waals surface area contributed by atoms with Gasteiger partial charge in [0.2, 0.25) is 0 Å². The Morgan fingerprint density at radius 1 is 1.05 bits per heavy atom. The van der Waals surface area contributed by atoms with Gasteiger partial charge in [-0.3, -0.25) is 0 Å². The average molecular weight is 280 g/mol. The highest BCUT2D eigenvalue weighted by atomic mass is 32.1. The minimum atomic E-state index is 0.440. The molecule has 0 saturated heterocycles. The highest BCUT2D eigenvalue weighted by molar-refractivity contribution is 7.71. The van der Waals surface area contributed by atoms with Crippen LogP contribution in [0.4, 0.5) is 0 Å². The third-order valence-corrected chi connectivity index (χ3v) is 4.65. The Kier molecular flexibility index (Phi) is 2.57. The number of aromatic nitrogens is 2. The lowest BCUT2D eigenvalue weighted by Crippen LogP contribution is -2.08. The normalized spacial score (nSPS) is 14.8. The smallest absolute Gasteiger partial charge is 0.178 e. The second kappa shape index (κ2) is 4.32. The molecule has 0 bridgehead atoms. The van der Waals surface area contributed by atoms with Crippen LogP contribution in [0.5, 0.6) is 0 Å². The molecule has 1 aliphatic rings. The van der Waals surface area contributed by atoms with Crippen LogP contribution >= 0.6 is 12.2 Å². The molecule has 100 valence electrons. The first-order valence-electron chi connectivity index (χ1n) is 7.00. The van der Waals surface area contributed by atoms with E-state index in [1.165, 1.54) is 27.7 Å². The number of fused-ring (bicyclic) bond motifs is 2. The largest absolute Gasteiger partial charge is 0.330 e. The summed E-state index contributed by atoms with van der Waals surface area (Å²) in [7, 11) is 0. The van der Waals surface area contributed by atoms with Gasteiger partial charge in [0.25, 0.3) is 0 Å². The molecule has 1 N–H and O–H groups in total. The number of H-pyrrole nitrogens is 1. The summed E-state index contributed by atoms with van der Waals surface area (Å²) in [5.41, 5.74) is 6.58. The van der Waals surface area contributed by atoms with Crippen LogP contribution in [0.2, 0.25) is 0 Å². The summed E-state index contributed by atoms with van der Waals surface area (Å²) in [6.45, 7) is 2.13. The van der Waals surface area contributed by atoms with Crippen molar-refractivity contribution in [2.75, 3.05) is 0 Å². The van der Waals surface area contributed by atoms with Crippen LogP contribution in [-0.2, 0) is 12.8 Å². The molecule has 3 heteroatoms. The highest BCUT2D eigenvalue weighted by Crippen LogP contribution is 2.33. The molecule has 20 heavy (non-hydrogen) atoms. The summed E-state index contributed by atoms with van der Waals surface area (Å²) in [6.07, 6.45) is 2.15. The molecular weight excluding hydrogens is 264 g/mol. The molecule has 0 saturated carbocycles. The monoisotopic (exact) mass is 280 g/mol. The van der Waals surface area contributed by atoms with Crippen LogP contribution in [0.1, 0.15) is 22.7 Å². The topological polar surface area (TPSA) is 20.7 Å².